The predicted molar refractivity (Wildman–Crippen MR) is 88.2 cm³/mol. The fourth-order valence-corrected chi connectivity index (χ4v) is 4.56. The molecule has 4 nitrogen and oxygen atoms in total. The summed E-state index contributed by atoms with van der Waals surface area (Å²) in [7, 11) is 0. The normalized spacial score (nSPS) is 10.9. The van der Waals surface area contributed by atoms with Crippen LogP contribution >= 0.6 is 22.7 Å². The van der Waals surface area contributed by atoms with Gasteiger partial charge in [-0.25, -0.2) is 0 Å². The average Bonchev–Trinajstić information content (AvgIpc) is 3.02. The first-order chi connectivity index (χ1) is 10.2. The summed E-state index contributed by atoms with van der Waals surface area (Å²) >= 11 is 3.16. The third-order valence-electron chi connectivity index (χ3n) is 3.06. The summed E-state index contributed by atoms with van der Waals surface area (Å²) in [4.78, 5) is 24.1. The van der Waals surface area contributed by atoms with Gasteiger partial charge in [-0.3, -0.25) is 9.59 Å². The molecule has 0 aliphatic carbocycles. The fraction of sp³-hybridized carbons (Fsp3) is 0.200. The largest absolute Gasteiger partial charge is 0.355 e. The minimum absolute atomic E-state index is 0.0129. The third-order valence-corrected chi connectivity index (χ3v) is 5.47. The molecule has 0 fully saturated rings. The second-order valence-electron chi connectivity index (χ2n) is 4.54. The molecule has 21 heavy (non-hydrogen) atoms. The van der Waals surface area contributed by atoms with E-state index in [1.807, 2.05) is 25.1 Å². The van der Waals surface area contributed by atoms with Gasteiger partial charge in [-0.15, -0.1) is 22.7 Å². The number of likely N-dealkylation sites (N-methyl/N-ethyl adjacent to an activating group) is 1. The molecule has 108 valence electrons. The molecule has 2 N–H and O–H groups in total. The maximum absolute atomic E-state index is 12.1. The quantitative estimate of drug-likeness (QED) is 0.777. The Labute approximate surface area is 129 Å². The van der Waals surface area contributed by atoms with Gasteiger partial charge in [0, 0.05) is 21.3 Å². The van der Waals surface area contributed by atoms with Crippen LogP contribution in [0.15, 0.2) is 30.3 Å². The number of fused-ring (bicyclic) bond motifs is 3. The van der Waals surface area contributed by atoms with Gasteiger partial charge in [0.05, 0.1) is 16.1 Å². The number of benzene rings is 1. The highest BCUT2D eigenvalue weighted by atomic mass is 32.1. The van der Waals surface area contributed by atoms with Crippen LogP contribution < -0.4 is 10.6 Å². The molecular weight excluding hydrogens is 304 g/mol. The maximum Gasteiger partial charge on any atom is 0.261 e. The van der Waals surface area contributed by atoms with Crippen molar-refractivity contribution >= 4 is 54.0 Å². The highest BCUT2D eigenvalue weighted by Gasteiger charge is 2.14. The van der Waals surface area contributed by atoms with Crippen molar-refractivity contribution in [2.75, 3.05) is 13.1 Å². The monoisotopic (exact) mass is 318 g/mol. The Bertz CT molecular complexity index is 819. The second kappa shape index (κ2) is 5.83. The minimum atomic E-state index is -0.196. The van der Waals surface area contributed by atoms with Crippen molar-refractivity contribution in [1.29, 1.82) is 0 Å². The Morgan fingerprint density at radius 3 is 2.71 bits per heavy atom. The second-order valence-corrected chi connectivity index (χ2v) is 6.67. The molecule has 0 bridgehead atoms. The Hall–Kier alpha value is -1.92. The maximum atomic E-state index is 12.1. The molecule has 0 radical (unpaired) electrons. The first-order valence-electron chi connectivity index (χ1n) is 6.65. The molecule has 0 aliphatic rings. The first-order valence-corrected chi connectivity index (χ1v) is 8.28. The number of amides is 2. The van der Waals surface area contributed by atoms with Crippen LogP contribution in [0.1, 0.15) is 16.6 Å². The van der Waals surface area contributed by atoms with E-state index in [9.17, 15) is 9.59 Å². The fourth-order valence-electron chi connectivity index (χ4n) is 2.12. The Balaban J connectivity index is 1.81. The standard InChI is InChI=1S/C15H14N2O2S2/c1-2-16-13(18)8-17-15(19)12-7-11-14(21-12)9-5-3-4-6-10(9)20-11/h3-7H,2,8H2,1H3,(H,16,18)(H,17,19). The lowest BCUT2D eigenvalue weighted by molar-refractivity contribution is -0.120. The van der Waals surface area contributed by atoms with E-state index in [2.05, 4.69) is 22.8 Å². The van der Waals surface area contributed by atoms with Gasteiger partial charge >= 0.3 is 0 Å². The molecule has 2 amide bonds. The van der Waals surface area contributed by atoms with Crippen molar-refractivity contribution < 1.29 is 9.59 Å². The molecule has 0 atom stereocenters. The topological polar surface area (TPSA) is 58.2 Å². The van der Waals surface area contributed by atoms with E-state index >= 15 is 0 Å². The van der Waals surface area contributed by atoms with Crippen molar-refractivity contribution in [3.8, 4) is 0 Å². The number of thiophene rings is 2. The van der Waals surface area contributed by atoms with Crippen LogP contribution in [0.2, 0.25) is 0 Å². The summed E-state index contributed by atoms with van der Waals surface area (Å²) < 4.78 is 3.48. The van der Waals surface area contributed by atoms with Crippen LogP contribution in [-0.4, -0.2) is 24.9 Å². The van der Waals surface area contributed by atoms with Crippen molar-refractivity contribution in [3.63, 3.8) is 0 Å². The first kappa shape index (κ1) is 14.0. The molecule has 1 aromatic carbocycles. The van der Waals surface area contributed by atoms with Gasteiger partial charge in [0.1, 0.15) is 0 Å². The van der Waals surface area contributed by atoms with Crippen LogP contribution in [0.5, 0.6) is 0 Å². The van der Waals surface area contributed by atoms with Gasteiger partial charge in [-0.05, 0) is 19.1 Å². The summed E-state index contributed by atoms with van der Waals surface area (Å²) in [5.41, 5.74) is 0. The molecule has 2 heterocycles. The summed E-state index contributed by atoms with van der Waals surface area (Å²) in [6, 6.07) is 10.1. The van der Waals surface area contributed by atoms with Gasteiger partial charge in [0.2, 0.25) is 5.91 Å². The molecule has 0 saturated heterocycles. The predicted octanol–water partition coefficient (Wildman–Crippen LogP) is 2.98. The van der Waals surface area contributed by atoms with Crippen molar-refractivity contribution in [1.82, 2.24) is 10.6 Å². The van der Waals surface area contributed by atoms with Crippen molar-refractivity contribution in [2.45, 2.75) is 6.92 Å². The highest BCUT2D eigenvalue weighted by Crippen LogP contribution is 2.39. The summed E-state index contributed by atoms with van der Waals surface area (Å²) in [5.74, 6) is -0.367. The van der Waals surface area contributed by atoms with E-state index in [0.29, 0.717) is 11.4 Å². The molecule has 0 unspecified atom stereocenters. The molecule has 2 aromatic heterocycles. The van der Waals surface area contributed by atoms with Crippen LogP contribution in [0.3, 0.4) is 0 Å². The van der Waals surface area contributed by atoms with E-state index in [-0.39, 0.29) is 18.4 Å². The molecular formula is C15H14N2O2S2. The average molecular weight is 318 g/mol. The van der Waals surface area contributed by atoms with E-state index in [4.69, 9.17) is 0 Å². The number of rotatable bonds is 4. The molecule has 0 spiro atoms. The lowest BCUT2D eigenvalue weighted by Gasteiger charge is -2.03. The Kier molecular flexibility index (Phi) is 3.90. The zero-order valence-corrected chi connectivity index (χ0v) is 13.1. The molecule has 3 rings (SSSR count). The lowest BCUT2D eigenvalue weighted by Crippen LogP contribution is -2.36. The molecule has 3 aromatic rings. The van der Waals surface area contributed by atoms with Crippen LogP contribution in [-0.2, 0) is 4.79 Å². The van der Waals surface area contributed by atoms with Crippen molar-refractivity contribution in [2.24, 2.45) is 0 Å². The Morgan fingerprint density at radius 1 is 1.10 bits per heavy atom. The highest BCUT2D eigenvalue weighted by molar-refractivity contribution is 7.33. The van der Waals surface area contributed by atoms with Gasteiger partial charge < -0.3 is 10.6 Å². The smallest absolute Gasteiger partial charge is 0.261 e. The molecule has 0 saturated carbocycles. The van der Waals surface area contributed by atoms with E-state index < -0.39 is 0 Å². The number of hydrogen-bond donors (Lipinski definition) is 2. The third kappa shape index (κ3) is 2.77. The van der Waals surface area contributed by atoms with E-state index in [1.54, 1.807) is 11.3 Å². The number of carbonyl (C=O) groups is 2. The summed E-state index contributed by atoms with van der Waals surface area (Å²) in [5, 5.41) is 6.48. The summed E-state index contributed by atoms with van der Waals surface area (Å²) in [6.45, 7) is 2.42. The van der Waals surface area contributed by atoms with E-state index in [0.717, 1.165) is 9.40 Å². The number of hydrogen-bond acceptors (Lipinski definition) is 4. The number of nitrogens with one attached hydrogen (secondary N) is 2. The van der Waals surface area contributed by atoms with Gasteiger partial charge in [0.25, 0.3) is 5.91 Å². The van der Waals surface area contributed by atoms with Gasteiger partial charge in [-0.2, -0.15) is 0 Å². The number of carbonyl (C=O) groups excluding carboxylic acids is 2. The molecule has 0 aliphatic heterocycles. The van der Waals surface area contributed by atoms with Gasteiger partial charge in [-0.1, -0.05) is 18.2 Å². The Morgan fingerprint density at radius 2 is 1.90 bits per heavy atom. The zero-order valence-electron chi connectivity index (χ0n) is 11.4. The minimum Gasteiger partial charge on any atom is -0.355 e. The SMILES string of the molecule is CCNC(=O)CNC(=O)c1cc2sc3ccccc3c2s1. The van der Waals surface area contributed by atoms with E-state index in [1.165, 1.54) is 21.4 Å². The van der Waals surface area contributed by atoms with Crippen LogP contribution in [0.25, 0.3) is 19.5 Å². The summed E-state index contributed by atoms with van der Waals surface area (Å²) in [6.07, 6.45) is 0. The van der Waals surface area contributed by atoms with Crippen LogP contribution in [0.4, 0.5) is 0 Å². The van der Waals surface area contributed by atoms with Crippen molar-refractivity contribution in [3.05, 3.63) is 35.2 Å². The van der Waals surface area contributed by atoms with Crippen LogP contribution in [0, 0.1) is 0 Å². The lowest BCUT2D eigenvalue weighted by atomic mass is 10.2. The molecule has 6 heteroatoms. The zero-order chi connectivity index (χ0) is 14.8. The van der Waals surface area contributed by atoms with Gasteiger partial charge in [0.15, 0.2) is 0 Å².